The Hall–Kier alpha value is -2.29. The third-order valence-electron chi connectivity index (χ3n) is 6.69. The molecule has 1 saturated heterocycles. The number of aromatic nitrogens is 1. The van der Waals surface area contributed by atoms with E-state index in [4.69, 9.17) is 9.47 Å². The number of hydrogen-bond acceptors (Lipinski definition) is 7. The van der Waals surface area contributed by atoms with E-state index in [1.165, 1.54) is 18.3 Å². The fraction of sp³-hybridized carbons (Fsp3) is 0.593. The first kappa shape index (κ1) is 27.3. The zero-order valence-corrected chi connectivity index (χ0v) is 22.5. The van der Waals surface area contributed by atoms with Crippen LogP contribution in [0.5, 0.6) is 0 Å². The number of carbonyl (C=O) groups excluding carboxylic acids is 2. The summed E-state index contributed by atoms with van der Waals surface area (Å²) in [6, 6.07) is 10.0. The summed E-state index contributed by atoms with van der Waals surface area (Å²) >= 11 is 1.35. The lowest BCUT2D eigenvalue weighted by Crippen LogP contribution is -2.38. The minimum Gasteiger partial charge on any atom is -0.455 e. The van der Waals surface area contributed by atoms with E-state index >= 15 is 0 Å². The number of benzene rings is 1. The number of rotatable bonds is 13. The summed E-state index contributed by atoms with van der Waals surface area (Å²) in [5.41, 5.74) is 1.35. The van der Waals surface area contributed by atoms with Gasteiger partial charge in [-0.2, -0.15) is 0 Å². The van der Waals surface area contributed by atoms with Crippen LogP contribution in [0, 0.1) is 11.8 Å². The molecule has 0 spiro atoms. The van der Waals surface area contributed by atoms with Crippen LogP contribution in [0.3, 0.4) is 0 Å². The zero-order chi connectivity index (χ0) is 25.5. The average Bonchev–Trinajstić information content (AvgIpc) is 3.41. The molecule has 5 unspecified atom stereocenters. The highest BCUT2D eigenvalue weighted by molar-refractivity contribution is 7.09. The maximum absolute atomic E-state index is 12.8. The highest BCUT2D eigenvalue weighted by Crippen LogP contribution is 2.37. The second kappa shape index (κ2) is 12.6. The molecule has 5 atom stereocenters. The Morgan fingerprint density at radius 1 is 1.23 bits per heavy atom. The first-order chi connectivity index (χ1) is 16.7. The lowest BCUT2D eigenvalue weighted by Gasteiger charge is -2.34. The molecular formula is C27H39N3O4S. The van der Waals surface area contributed by atoms with Crippen LogP contribution in [-0.4, -0.2) is 47.6 Å². The lowest BCUT2D eigenvalue weighted by molar-refractivity contribution is -0.148. The first-order valence-corrected chi connectivity index (χ1v) is 13.4. The predicted molar refractivity (Wildman–Crippen MR) is 138 cm³/mol. The third kappa shape index (κ3) is 7.85. The molecule has 1 amide bonds. The average molecular weight is 502 g/mol. The van der Waals surface area contributed by atoms with E-state index in [-0.39, 0.29) is 30.3 Å². The minimum absolute atomic E-state index is 0.134. The molecule has 1 aromatic heterocycles. The summed E-state index contributed by atoms with van der Waals surface area (Å²) in [4.78, 5) is 31.6. The molecule has 1 aliphatic heterocycles. The van der Waals surface area contributed by atoms with Crippen molar-refractivity contribution in [3.8, 4) is 0 Å². The molecule has 1 N–H and O–H groups in total. The minimum atomic E-state index is -0.494. The van der Waals surface area contributed by atoms with E-state index in [2.05, 4.69) is 49.9 Å². The van der Waals surface area contributed by atoms with Gasteiger partial charge < -0.3 is 19.7 Å². The van der Waals surface area contributed by atoms with Gasteiger partial charge in [0.05, 0.1) is 0 Å². The third-order valence-corrected chi connectivity index (χ3v) is 7.63. The first-order valence-electron chi connectivity index (χ1n) is 12.5. The Bertz CT molecular complexity index is 964. The van der Waals surface area contributed by atoms with Crippen LogP contribution in [0.4, 0.5) is 0 Å². The fourth-order valence-electron chi connectivity index (χ4n) is 4.24. The smallest absolute Gasteiger partial charge is 0.303 e. The van der Waals surface area contributed by atoms with Crippen LogP contribution in [0.25, 0.3) is 0 Å². The number of thiazole rings is 1. The Morgan fingerprint density at radius 3 is 2.57 bits per heavy atom. The topological polar surface area (TPSA) is 84.1 Å². The molecule has 3 rings (SSSR count). The van der Waals surface area contributed by atoms with Gasteiger partial charge >= 0.3 is 5.97 Å². The monoisotopic (exact) mass is 501 g/mol. The van der Waals surface area contributed by atoms with Gasteiger partial charge in [-0.3, -0.25) is 9.59 Å². The molecule has 1 aliphatic rings. The van der Waals surface area contributed by atoms with Crippen molar-refractivity contribution in [2.75, 3.05) is 13.6 Å². The summed E-state index contributed by atoms with van der Waals surface area (Å²) in [5.74, 6) is 0.410. The standard InChI is InChI=1S/C27H39N3O4S/c1-7-18(4)13-14-30(6)22(17(2)3)15-23(33-19(5)31)27-28-21(16-35-27)25(32)29-26-24(34-26)20-11-9-8-10-12-20/h8-12,16-18,22-24,26H,7,13-15H2,1-6H3,(H,29,32). The molecular weight excluding hydrogens is 462 g/mol. The van der Waals surface area contributed by atoms with Crippen molar-refractivity contribution >= 4 is 23.2 Å². The zero-order valence-electron chi connectivity index (χ0n) is 21.7. The number of esters is 1. The normalized spacial score (nSPS) is 19.9. The number of amides is 1. The van der Waals surface area contributed by atoms with Gasteiger partial charge in [0.1, 0.15) is 16.8 Å². The second-order valence-corrected chi connectivity index (χ2v) is 10.7. The van der Waals surface area contributed by atoms with Crippen molar-refractivity contribution in [1.82, 2.24) is 15.2 Å². The molecule has 7 nitrogen and oxygen atoms in total. The summed E-state index contributed by atoms with van der Waals surface area (Å²) in [5, 5.41) is 5.25. The number of epoxide rings is 1. The Kier molecular flexibility index (Phi) is 9.83. The number of hydrogen-bond donors (Lipinski definition) is 1. The van der Waals surface area contributed by atoms with Gasteiger partial charge in [-0.15, -0.1) is 11.3 Å². The maximum atomic E-state index is 12.8. The molecule has 2 aromatic rings. The predicted octanol–water partition coefficient (Wildman–Crippen LogP) is 5.36. The highest BCUT2D eigenvalue weighted by atomic mass is 32.1. The molecule has 0 aliphatic carbocycles. The lowest BCUT2D eigenvalue weighted by atomic mass is 9.95. The van der Waals surface area contributed by atoms with Crippen molar-refractivity contribution < 1.29 is 19.1 Å². The van der Waals surface area contributed by atoms with Crippen LogP contribution in [-0.2, 0) is 14.3 Å². The Balaban J connectivity index is 1.65. The van der Waals surface area contributed by atoms with Crippen molar-refractivity contribution in [3.63, 3.8) is 0 Å². The van der Waals surface area contributed by atoms with E-state index in [1.807, 2.05) is 30.3 Å². The van der Waals surface area contributed by atoms with Crippen molar-refractivity contribution in [1.29, 1.82) is 0 Å². The van der Waals surface area contributed by atoms with Crippen LogP contribution in [0.15, 0.2) is 35.7 Å². The number of ether oxygens (including phenoxy) is 2. The van der Waals surface area contributed by atoms with Crippen LogP contribution in [0.1, 0.15) is 87.1 Å². The largest absolute Gasteiger partial charge is 0.455 e. The maximum Gasteiger partial charge on any atom is 0.303 e. The molecule has 2 heterocycles. The van der Waals surface area contributed by atoms with Crippen molar-refractivity contribution in [2.45, 2.75) is 78.4 Å². The SMILES string of the molecule is CCC(C)CCN(C)C(CC(OC(C)=O)c1nc(C(=O)NC2OC2c2ccccc2)cs1)C(C)C. The molecule has 1 aromatic carbocycles. The number of nitrogens with one attached hydrogen (secondary N) is 1. The van der Waals surface area contributed by atoms with E-state index in [0.29, 0.717) is 29.0 Å². The van der Waals surface area contributed by atoms with E-state index in [9.17, 15) is 9.59 Å². The molecule has 35 heavy (non-hydrogen) atoms. The van der Waals surface area contributed by atoms with Crippen molar-refractivity contribution in [3.05, 3.63) is 52.0 Å². The Morgan fingerprint density at radius 2 is 1.94 bits per heavy atom. The quantitative estimate of drug-likeness (QED) is 0.294. The van der Waals surface area contributed by atoms with Crippen LogP contribution < -0.4 is 5.32 Å². The second-order valence-electron chi connectivity index (χ2n) is 9.86. The highest BCUT2D eigenvalue weighted by Gasteiger charge is 2.41. The van der Waals surface area contributed by atoms with Gasteiger partial charge in [-0.1, -0.05) is 64.4 Å². The summed E-state index contributed by atoms with van der Waals surface area (Å²) in [7, 11) is 2.14. The molecule has 8 heteroatoms. The number of carbonyl (C=O) groups is 2. The molecule has 192 valence electrons. The van der Waals surface area contributed by atoms with Crippen LogP contribution >= 0.6 is 11.3 Å². The summed E-state index contributed by atoms with van der Waals surface area (Å²) in [6.45, 7) is 11.3. The van der Waals surface area contributed by atoms with E-state index in [0.717, 1.165) is 24.9 Å². The van der Waals surface area contributed by atoms with Gasteiger partial charge in [-0.25, -0.2) is 4.98 Å². The van der Waals surface area contributed by atoms with Gasteiger partial charge in [-0.05, 0) is 37.4 Å². The van der Waals surface area contributed by atoms with Gasteiger partial charge in [0, 0.05) is 24.8 Å². The Labute approximate surface area is 213 Å². The summed E-state index contributed by atoms with van der Waals surface area (Å²) < 4.78 is 11.3. The molecule has 0 radical (unpaired) electrons. The molecule has 1 fully saturated rings. The molecule has 0 bridgehead atoms. The van der Waals surface area contributed by atoms with Crippen molar-refractivity contribution in [2.24, 2.45) is 11.8 Å². The van der Waals surface area contributed by atoms with E-state index < -0.39 is 6.10 Å². The summed E-state index contributed by atoms with van der Waals surface area (Å²) in [6.07, 6.45) is 1.94. The van der Waals surface area contributed by atoms with Gasteiger partial charge in [0.15, 0.2) is 12.3 Å². The molecule has 0 saturated carbocycles. The van der Waals surface area contributed by atoms with Gasteiger partial charge in [0.2, 0.25) is 0 Å². The van der Waals surface area contributed by atoms with Crippen LogP contribution in [0.2, 0.25) is 0 Å². The van der Waals surface area contributed by atoms with Gasteiger partial charge in [0.25, 0.3) is 5.91 Å². The fourth-order valence-corrected chi connectivity index (χ4v) is 5.07. The van der Waals surface area contributed by atoms with E-state index in [1.54, 1.807) is 5.38 Å². The number of nitrogens with zero attached hydrogens (tertiary/aromatic N) is 2.